The van der Waals surface area contributed by atoms with Crippen LogP contribution in [0.1, 0.15) is 38.7 Å². The molecule has 2 N–H and O–H groups in total. The van der Waals surface area contributed by atoms with Crippen LogP contribution in [-0.4, -0.2) is 23.2 Å². The van der Waals surface area contributed by atoms with Gasteiger partial charge in [0.1, 0.15) is 0 Å². The Kier molecular flexibility index (Phi) is 7.66. The summed E-state index contributed by atoms with van der Waals surface area (Å²) >= 11 is 0. The topological polar surface area (TPSA) is 49.3 Å². The van der Waals surface area contributed by atoms with Crippen LogP contribution in [0.15, 0.2) is 42.5 Å². The van der Waals surface area contributed by atoms with E-state index in [2.05, 4.69) is 12.2 Å². The number of amides is 1. The van der Waals surface area contributed by atoms with Crippen LogP contribution in [0.4, 0.5) is 0 Å². The van der Waals surface area contributed by atoms with E-state index < -0.39 is 6.10 Å². The highest BCUT2D eigenvalue weighted by molar-refractivity contribution is 5.78. The molecule has 0 radical (unpaired) electrons. The molecule has 0 saturated heterocycles. The Morgan fingerprint density at radius 3 is 2.70 bits per heavy atom. The Labute approximate surface area is 121 Å². The zero-order chi connectivity index (χ0) is 14.8. The summed E-state index contributed by atoms with van der Waals surface area (Å²) in [4.78, 5) is 11.9. The maximum absolute atomic E-state index is 11.9. The molecule has 0 aliphatic heterocycles. The highest BCUT2D eigenvalue weighted by Crippen LogP contribution is 2.02. The summed E-state index contributed by atoms with van der Waals surface area (Å²) in [6.07, 6.45) is 6.70. The molecular weight excluding hydrogens is 250 g/mol. The van der Waals surface area contributed by atoms with Crippen molar-refractivity contribution in [2.45, 2.75) is 51.7 Å². The predicted molar refractivity (Wildman–Crippen MR) is 82.4 cm³/mol. The summed E-state index contributed by atoms with van der Waals surface area (Å²) in [6, 6.07) is 9.32. The molecule has 0 aliphatic carbocycles. The van der Waals surface area contributed by atoms with Crippen LogP contribution >= 0.6 is 0 Å². The van der Waals surface area contributed by atoms with Gasteiger partial charge in [0.15, 0.2) is 0 Å². The van der Waals surface area contributed by atoms with Gasteiger partial charge in [-0.1, -0.05) is 62.2 Å². The van der Waals surface area contributed by atoms with Gasteiger partial charge in [-0.05, 0) is 18.9 Å². The molecule has 0 aliphatic rings. The van der Waals surface area contributed by atoms with Crippen molar-refractivity contribution >= 4 is 5.91 Å². The van der Waals surface area contributed by atoms with Crippen LogP contribution in [0.2, 0.25) is 0 Å². The summed E-state index contributed by atoms with van der Waals surface area (Å²) in [5.74, 6) is -0.0651. The molecule has 1 aromatic carbocycles. The standard InChI is InChI=1S/C17H25NO2/c1-3-4-5-9-12-16(19)14(2)18-17(20)13-15-10-7-6-8-11-15/h6-12,14,16,19H,3-5,13H2,1-2H3,(H,18,20)/b12-9+/t14-,16+/m0/s1. The molecule has 1 rings (SSSR count). The van der Waals surface area contributed by atoms with Crippen LogP contribution in [0.5, 0.6) is 0 Å². The minimum absolute atomic E-state index is 0.0651. The molecule has 0 heterocycles. The third-order valence-corrected chi connectivity index (χ3v) is 3.17. The third kappa shape index (κ3) is 6.53. The van der Waals surface area contributed by atoms with Crippen LogP contribution in [-0.2, 0) is 11.2 Å². The fourth-order valence-corrected chi connectivity index (χ4v) is 1.90. The Hall–Kier alpha value is -1.61. The molecule has 1 amide bonds. The SMILES string of the molecule is CCCC/C=C/[C@@H](O)[C@H](C)NC(=O)Cc1ccccc1. The van der Waals surface area contributed by atoms with Crippen molar-refractivity contribution < 1.29 is 9.90 Å². The van der Waals surface area contributed by atoms with Crippen molar-refractivity contribution in [1.29, 1.82) is 0 Å². The molecule has 0 bridgehead atoms. The average molecular weight is 275 g/mol. The second kappa shape index (κ2) is 9.32. The van der Waals surface area contributed by atoms with Crippen molar-refractivity contribution in [2.24, 2.45) is 0 Å². The second-order valence-corrected chi connectivity index (χ2v) is 5.08. The monoisotopic (exact) mass is 275 g/mol. The molecule has 0 unspecified atom stereocenters. The number of carbonyl (C=O) groups is 1. The van der Waals surface area contributed by atoms with E-state index in [0.29, 0.717) is 6.42 Å². The summed E-state index contributed by atoms with van der Waals surface area (Å²) < 4.78 is 0. The Morgan fingerprint density at radius 2 is 2.05 bits per heavy atom. The highest BCUT2D eigenvalue weighted by Gasteiger charge is 2.13. The molecule has 0 aromatic heterocycles. The predicted octanol–water partition coefficient (Wildman–Crippen LogP) is 2.84. The van der Waals surface area contributed by atoms with Gasteiger partial charge in [0.25, 0.3) is 0 Å². The highest BCUT2D eigenvalue weighted by atomic mass is 16.3. The van der Waals surface area contributed by atoms with Gasteiger partial charge in [-0.15, -0.1) is 0 Å². The summed E-state index contributed by atoms with van der Waals surface area (Å²) in [5.41, 5.74) is 0.977. The number of nitrogens with one attached hydrogen (secondary N) is 1. The maximum Gasteiger partial charge on any atom is 0.224 e. The zero-order valence-electron chi connectivity index (χ0n) is 12.4. The molecule has 1 aromatic rings. The maximum atomic E-state index is 11.9. The minimum Gasteiger partial charge on any atom is -0.387 e. The van der Waals surface area contributed by atoms with Gasteiger partial charge < -0.3 is 10.4 Å². The van der Waals surface area contributed by atoms with E-state index in [1.54, 1.807) is 6.08 Å². The van der Waals surface area contributed by atoms with E-state index in [4.69, 9.17) is 0 Å². The largest absolute Gasteiger partial charge is 0.387 e. The first-order chi connectivity index (χ1) is 9.63. The lowest BCUT2D eigenvalue weighted by Gasteiger charge is -2.17. The number of aliphatic hydroxyl groups is 1. The molecule has 3 nitrogen and oxygen atoms in total. The average Bonchev–Trinajstić information content (AvgIpc) is 2.44. The van der Waals surface area contributed by atoms with Crippen LogP contribution in [0.3, 0.4) is 0 Å². The van der Waals surface area contributed by atoms with Crippen molar-refractivity contribution in [3.8, 4) is 0 Å². The minimum atomic E-state index is -0.633. The normalized spacial score (nSPS) is 14.2. The van der Waals surface area contributed by atoms with Crippen molar-refractivity contribution in [1.82, 2.24) is 5.32 Å². The van der Waals surface area contributed by atoms with Crippen molar-refractivity contribution in [3.63, 3.8) is 0 Å². The van der Waals surface area contributed by atoms with E-state index >= 15 is 0 Å². The second-order valence-electron chi connectivity index (χ2n) is 5.08. The first-order valence-electron chi connectivity index (χ1n) is 7.31. The van der Waals surface area contributed by atoms with Gasteiger partial charge in [0.2, 0.25) is 5.91 Å². The lowest BCUT2D eigenvalue weighted by molar-refractivity contribution is -0.121. The molecule has 2 atom stereocenters. The van der Waals surface area contributed by atoms with Crippen molar-refractivity contribution in [3.05, 3.63) is 48.0 Å². The summed E-state index contributed by atoms with van der Waals surface area (Å²) in [6.45, 7) is 3.95. The van der Waals surface area contributed by atoms with Crippen LogP contribution in [0.25, 0.3) is 0 Å². The molecule has 110 valence electrons. The lowest BCUT2D eigenvalue weighted by atomic mass is 10.1. The number of hydrogen-bond donors (Lipinski definition) is 2. The number of aliphatic hydroxyl groups excluding tert-OH is 1. The quantitative estimate of drug-likeness (QED) is 0.566. The molecular formula is C17H25NO2. The summed E-state index contributed by atoms with van der Waals surface area (Å²) in [5, 5.41) is 12.8. The number of carbonyl (C=O) groups excluding carboxylic acids is 1. The third-order valence-electron chi connectivity index (χ3n) is 3.17. The van der Waals surface area contributed by atoms with E-state index in [9.17, 15) is 9.90 Å². The Balaban J connectivity index is 2.35. The number of unbranched alkanes of at least 4 members (excludes halogenated alkanes) is 2. The first-order valence-corrected chi connectivity index (χ1v) is 7.31. The molecule has 0 saturated carbocycles. The van der Waals surface area contributed by atoms with Gasteiger partial charge in [-0.2, -0.15) is 0 Å². The van der Waals surface area contributed by atoms with E-state index in [1.165, 1.54) is 0 Å². The Morgan fingerprint density at radius 1 is 1.35 bits per heavy atom. The molecule has 3 heteroatoms. The Bertz CT molecular complexity index is 414. The van der Waals surface area contributed by atoms with Gasteiger partial charge >= 0.3 is 0 Å². The first kappa shape index (κ1) is 16.4. The van der Waals surface area contributed by atoms with Crippen LogP contribution < -0.4 is 5.32 Å². The lowest BCUT2D eigenvalue weighted by Crippen LogP contribution is -2.41. The van der Waals surface area contributed by atoms with Gasteiger partial charge in [0.05, 0.1) is 18.6 Å². The van der Waals surface area contributed by atoms with E-state index in [0.717, 1.165) is 24.8 Å². The van der Waals surface area contributed by atoms with E-state index in [-0.39, 0.29) is 11.9 Å². The molecule has 0 fully saturated rings. The zero-order valence-corrected chi connectivity index (χ0v) is 12.4. The van der Waals surface area contributed by atoms with Gasteiger partial charge in [-0.3, -0.25) is 4.79 Å². The molecule has 0 spiro atoms. The van der Waals surface area contributed by atoms with Crippen molar-refractivity contribution in [2.75, 3.05) is 0 Å². The number of allylic oxidation sites excluding steroid dienone is 1. The fraction of sp³-hybridized carbons (Fsp3) is 0.471. The number of hydrogen-bond acceptors (Lipinski definition) is 2. The van der Waals surface area contributed by atoms with Crippen LogP contribution in [0, 0.1) is 0 Å². The van der Waals surface area contributed by atoms with Gasteiger partial charge in [0, 0.05) is 0 Å². The molecule has 20 heavy (non-hydrogen) atoms. The number of rotatable bonds is 8. The van der Waals surface area contributed by atoms with E-state index in [1.807, 2.05) is 43.3 Å². The smallest absolute Gasteiger partial charge is 0.224 e. The van der Waals surface area contributed by atoms with Gasteiger partial charge in [-0.25, -0.2) is 0 Å². The number of benzene rings is 1. The fourth-order valence-electron chi connectivity index (χ4n) is 1.90. The summed E-state index contributed by atoms with van der Waals surface area (Å²) in [7, 11) is 0.